The number of carboxylic acids is 1. The number of hydrogen-bond acceptors (Lipinski definition) is 6. The van der Waals surface area contributed by atoms with Crippen molar-refractivity contribution in [2.24, 2.45) is 7.05 Å². The van der Waals surface area contributed by atoms with E-state index < -0.39 is 12.1 Å². The van der Waals surface area contributed by atoms with Crippen molar-refractivity contribution >= 4 is 11.9 Å². The Bertz CT molecular complexity index is 583. The Balaban J connectivity index is 2.01. The fraction of sp³-hybridized carbons (Fsp3) is 0.273. The molecule has 2 heterocycles. The van der Waals surface area contributed by atoms with E-state index in [1.807, 2.05) is 0 Å². The van der Waals surface area contributed by atoms with Crippen LogP contribution in [0.2, 0.25) is 0 Å². The number of nitrogens with zero attached hydrogens (tertiary/aromatic N) is 4. The summed E-state index contributed by atoms with van der Waals surface area (Å²) in [6.07, 6.45) is 2.14. The van der Waals surface area contributed by atoms with Crippen LogP contribution in [0, 0.1) is 0 Å². The third-order valence-corrected chi connectivity index (χ3v) is 2.53. The van der Waals surface area contributed by atoms with E-state index in [1.54, 1.807) is 24.0 Å². The average molecular weight is 263 g/mol. The number of aliphatic hydroxyl groups excluding tert-OH is 1. The Kier molecular flexibility index (Phi) is 3.71. The number of anilines is 1. The Morgan fingerprint density at radius 3 is 2.89 bits per heavy atom. The molecule has 0 amide bonds. The van der Waals surface area contributed by atoms with Gasteiger partial charge in [-0.25, -0.2) is 14.8 Å². The van der Waals surface area contributed by atoms with Gasteiger partial charge in [0.25, 0.3) is 0 Å². The summed E-state index contributed by atoms with van der Waals surface area (Å²) >= 11 is 0. The van der Waals surface area contributed by atoms with Gasteiger partial charge in [0.1, 0.15) is 6.10 Å². The van der Waals surface area contributed by atoms with Crippen LogP contribution in [-0.4, -0.2) is 42.5 Å². The zero-order valence-corrected chi connectivity index (χ0v) is 10.2. The summed E-state index contributed by atoms with van der Waals surface area (Å²) in [4.78, 5) is 18.4. The molecule has 19 heavy (non-hydrogen) atoms. The molecule has 0 aliphatic carbocycles. The zero-order valence-electron chi connectivity index (χ0n) is 10.2. The van der Waals surface area contributed by atoms with E-state index in [2.05, 4.69) is 20.4 Å². The highest BCUT2D eigenvalue weighted by Gasteiger charge is 2.12. The van der Waals surface area contributed by atoms with Crippen molar-refractivity contribution in [3.63, 3.8) is 0 Å². The molecule has 0 bridgehead atoms. The molecule has 1 atom stereocenters. The van der Waals surface area contributed by atoms with E-state index in [-0.39, 0.29) is 18.2 Å². The monoisotopic (exact) mass is 263 g/mol. The van der Waals surface area contributed by atoms with Crippen molar-refractivity contribution in [1.29, 1.82) is 0 Å². The SMILES string of the molecule is Cn1nccc1C(O)CNc1nccc(C(=O)O)n1. The third-order valence-electron chi connectivity index (χ3n) is 2.53. The number of nitrogens with one attached hydrogen (secondary N) is 1. The Labute approximate surface area is 108 Å². The molecule has 1 unspecified atom stereocenters. The summed E-state index contributed by atoms with van der Waals surface area (Å²) in [5, 5.41) is 25.5. The molecule has 2 aromatic heterocycles. The molecule has 2 aromatic rings. The number of aromatic nitrogens is 4. The predicted octanol–water partition coefficient (Wildman–Crippen LogP) is 0.0538. The minimum absolute atomic E-state index is 0.104. The van der Waals surface area contributed by atoms with Gasteiger partial charge in [-0.05, 0) is 12.1 Å². The standard InChI is InChI=1S/C11H13N5O3/c1-16-8(3-5-14-16)9(17)6-13-11-12-4-2-7(15-11)10(18)19/h2-5,9,17H,6H2,1H3,(H,18,19)(H,12,13,15). The molecule has 0 saturated heterocycles. The lowest BCUT2D eigenvalue weighted by molar-refractivity contribution is 0.0690. The van der Waals surface area contributed by atoms with Crippen molar-refractivity contribution in [1.82, 2.24) is 19.7 Å². The second-order valence-corrected chi connectivity index (χ2v) is 3.85. The molecule has 0 spiro atoms. The van der Waals surface area contributed by atoms with Crippen LogP contribution in [0.1, 0.15) is 22.3 Å². The number of aromatic carboxylic acids is 1. The molecule has 100 valence electrons. The van der Waals surface area contributed by atoms with Gasteiger partial charge in [-0.15, -0.1) is 0 Å². The Morgan fingerprint density at radius 1 is 1.47 bits per heavy atom. The first-order chi connectivity index (χ1) is 9.08. The third kappa shape index (κ3) is 3.05. The summed E-state index contributed by atoms with van der Waals surface area (Å²) in [5.41, 5.74) is 0.536. The van der Waals surface area contributed by atoms with Crippen LogP contribution < -0.4 is 5.32 Å². The van der Waals surface area contributed by atoms with E-state index in [0.717, 1.165) is 0 Å². The minimum Gasteiger partial charge on any atom is -0.477 e. The van der Waals surface area contributed by atoms with Crippen molar-refractivity contribution in [3.8, 4) is 0 Å². The van der Waals surface area contributed by atoms with Crippen molar-refractivity contribution < 1.29 is 15.0 Å². The smallest absolute Gasteiger partial charge is 0.354 e. The van der Waals surface area contributed by atoms with Gasteiger partial charge in [-0.1, -0.05) is 0 Å². The van der Waals surface area contributed by atoms with Gasteiger partial charge < -0.3 is 15.5 Å². The quantitative estimate of drug-likeness (QED) is 0.698. The summed E-state index contributed by atoms with van der Waals surface area (Å²) < 4.78 is 1.56. The molecule has 8 heteroatoms. The molecule has 0 saturated carbocycles. The maximum absolute atomic E-state index is 10.7. The summed E-state index contributed by atoms with van der Waals surface area (Å²) in [6, 6.07) is 2.99. The number of carbonyl (C=O) groups is 1. The van der Waals surface area contributed by atoms with Crippen LogP contribution in [0.25, 0.3) is 0 Å². The van der Waals surface area contributed by atoms with Gasteiger partial charge in [-0.2, -0.15) is 5.10 Å². The van der Waals surface area contributed by atoms with Crippen LogP contribution >= 0.6 is 0 Å². The first kappa shape index (κ1) is 13.0. The van der Waals surface area contributed by atoms with E-state index in [4.69, 9.17) is 5.11 Å². The van der Waals surface area contributed by atoms with Crippen LogP contribution in [0.5, 0.6) is 0 Å². The fourth-order valence-corrected chi connectivity index (χ4v) is 1.57. The molecule has 2 rings (SSSR count). The van der Waals surface area contributed by atoms with Crippen molar-refractivity contribution in [3.05, 3.63) is 35.9 Å². The highest BCUT2D eigenvalue weighted by molar-refractivity contribution is 5.85. The van der Waals surface area contributed by atoms with Crippen molar-refractivity contribution in [2.75, 3.05) is 11.9 Å². The lowest BCUT2D eigenvalue weighted by Crippen LogP contribution is -2.17. The van der Waals surface area contributed by atoms with E-state index in [0.29, 0.717) is 5.69 Å². The van der Waals surface area contributed by atoms with Gasteiger partial charge in [0.05, 0.1) is 5.69 Å². The Hall–Kier alpha value is -2.48. The van der Waals surface area contributed by atoms with Gasteiger partial charge in [-0.3, -0.25) is 4.68 Å². The summed E-state index contributed by atoms with van der Waals surface area (Å²) in [7, 11) is 1.72. The van der Waals surface area contributed by atoms with Crippen LogP contribution in [0.15, 0.2) is 24.5 Å². The molecule has 0 aliphatic heterocycles. The summed E-state index contributed by atoms with van der Waals surface area (Å²) in [5.74, 6) is -0.973. The van der Waals surface area contributed by atoms with Crippen LogP contribution in [0.3, 0.4) is 0 Å². The minimum atomic E-state index is -1.13. The van der Waals surface area contributed by atoms with E-state index in [9.17, 15) is 9.90 Å². The number of hydrogen-bond donors (Lipinski definition) is 3. The molecule has 0 radical (unpaired) electrons. The number of aliphatic hydroxyl groups is 1. The lowest BCUT2D eigenvalue weighted by Gasteiger charge is -2.12. The second kappa shape index (κ2) is 5.44. The average Bonchev–Trinajstić information content (AvgIpc) is 2.82. The van der Waals surface area contributed by atoms with Gasteiger partial charge in [0.2, 0.25) is 5.95 Å². The second-order valence-electron chi connectivity index (χ2n) is 3.85. The van der Waals surface area contributed by atoms with Crippen LogP contribution in [0.4, 0.5) is 5.95 Å². The van der Waals surface area contributed by atoms with Crippen LogP contribution in [-0.2, 0) is 7.05 Å². The fourth-order valence-electron chi connectivity index (χ4n) is 1.57. The molecule has 0 fully saturated rings. The number of carboxylic acid groups (broad SMARTS) is 1. The number of rotatable bonds is 5. The first-order valence-corrected chi connectivity index (χ1v) is 5.54. The number of aryl methyl sites for hydroxylation is 1. The van der Waals surface area contributed by atoms with Gasteiger partial charge >= 0.3 is 5.97 Å². The maximum atomic E-state index is 10.7. The topological polar surface area (TPSA) is 113 Å². The summed E-state index contributed by atoms with van der Waals surface area (Å²) in [6.45, 7) is 0.155. The Morgan fingerprint density at radius 2 is 2.26 bits per heavy atom. The zero-order chi connectivity index (χ0) is 13.8. The molecular weight excluding hydrogens is 250 g/mol. The largest absolute Gasteiger partial charge is 0.477 e. The van der Waals surface area contributed by atoms with E-state index >= 15 is 0 Å². The predicted molar refractivity (Wildman–Crippen MR) is 65.6 cm³/mol. The maximum Gasteiger partial charge on any atom is 0.354 e. The molecule has 0 aliphatic rings. The highest BCUT2D eigenvalue weighted by atomic mass is 16.4. The normalized spacial score (nSPS) is 12.1. The molecular formula is C11H13N5O3. The lowest BCUT2D eigenvalue weighted by atomic mass is 10.2. The molecule has 0 aromatic carbocycles. The molecule has 3 N–H and O–H groups in total. The van der Waals surface area contributed by atoms with Gasteiger partial charge in [0.15, 0.2) is 5.69 Å². The van der Waals surface area contributed by atoms with Crippen molar-refractivity contribution in [2.45, 2.75) is 6.10 Å². The molecule has 8 nitrogen and oxygen atoms in total. The highest BCUT2D eigenvalue weighted by Crippen LogP contribution is 2.11. The van der Waals surface area contributed by atoms with E-state index in [1.165, 1.54) is 12.3 Å². The van der Waals surface area contributed by atoms with Gasteiger partial charge in [0, 0.05) is 26.0 Å². The first-order valence-electron chi connectivity index (χ1n) is 5.54.